The van der Waals surface area contributed by atoms with Gasteiger partial charge in [-0.3, -0.25) is 0 Å². The standard InChI is InChI=1S/C14H13F3O2S/c15-14(16,17)10-3-1-4-12(7-10)19-9-11(18)8-13-5-2-6-20-13/h1-7,11,18H,8-9H2. The van der Waals surface area contributed by atoms with Crippen molar-refractivity contribution in [3.8, 4) is 5.75 Å². The average Bonchev–Trinajstić information content (AvgIpc) is 2.88. The zero-order valence-corrected chi connectivity index (χ0v) is 11.2. The predicted octanol–water partition coefficient (Wildman–Crippen LogP) is 3.75. The molecule has 1 heterocycles. The molecule has 0 saturated heterocycles. The van der Waals surface area contributed by atoms with E-state index in [9.17, 15) is 18.3 Å². The van der Waals surface area contributed by atoms with Crippen molar-refractivity contribution in [3.05, 3.63) is 52.2 Å². The molecule has 2 rings (SSSR count). The molecule has 1 unspecified atom stereocenters. The molecule has 0 aliphatic heterocycles. The normalized spacial score (nSPS) is 13.2. The second-order valence-corrected chi connectivity index (χ2v) is 5.31. The van der Waals surface area contributed by atoms with Crippen LogP contribution in [-0.2, 0) is 12.6 Å². The summed E-state index contributed by atoms with van der Waals surface area (Å²) in [5.41, 5.74) is -0.761. The second-order valence-electron chi connectivity index (χ2n) is 4.27. The Morgan fingerprint density at radius 2 is 2.00 bits per heavy atom. The van der Waals surface area contributed by atoms with Crippen LogP contribution in [0.2, 0.25) is 0 Å². The molecular weight excluding hydrogens is 289 g/mol. The third-order valence-electron chi connectivity index (χ3n) is 2.62. The Morgan fingerprint density at radius 1 is 1.20 bits per heavy atom. The third kappa shape index (κ3) is 4.25. The molecule has 2 nitrogen and oxygen atoms in total. The summed E-state index contributed by atoms with van der Waals surface area (Å²) in [4.78, 5) is 1.00. The maximum atomic E-state index is 12.5. The van der Waals surface area contributed by atoms with Gasteiger partial charge in [0.05, 0.1) is 11.7 Å². The topological polar surface area (TPSA) is 29.5 Å². The van der Waals surface area contributed by atoms with Crippen molar-refractivity contribution in [1.29, 1.82) is 0 Å². The first-order chi connectivity index (χ1) is 9.45. The van der Waals surface area contributed by atoms with Crippen LogP contribution < -0.4 is 4.74 Å². The van der Waals surface area contributed by atoms with E-state index in [1.807, 2.05) is 17.5 Å². The molecule has 0 radical (unpaired) electrons. The number of aliphatic hydroxyl groups is 1. The van der Waals surface area contributed by atoms with Crippen LogP contribution in [0.4, 0.5) is 13.2 Å². The smallest absolute Gasteiger partial charge is 0.416 e. The minimum absolute atomic E-state index is 0.0424. The number of hydrogen-bond donors (Lipinski definition) is 1. The fraction of sp³-hybridized carbons (Fsp3) is 0.286. The third-order valence-corrected chi connectivity index (χ3v) is 3.52. The molecule has 0 amide bonds. The Bertz CT molecular complexity index is 538. The van der Waals surface area contributed by atoms with E-state index in [4.69, 9.17) is 4.74 Å². The summed E-state index contributed by atoms with van der Waals surface area (Å²) in [7, 11) is 0. The maximum absolute atomic E-state index is 12.5. The van der Waals surface area contributed by atoms with Gasteiger partial charge in [0.2, 0.25) is 0 Å². The molecule has 0 aliphatic rings. The molecule has 1 aromatic heterocycles. The van der Waals surface area contributed by atoms with Crippen LogP contribution in [0.1, 0.15) is 10.4 Å². The highest BCUT2D eigenvalue weighted by Crippen LogP contribution is 2.31. The molecule has 108 valence electrons. The van der Waals surface area contributed by atoms with E-state index in [1.165, 1.54) is 23.5 Å². The van der Waals surface area contributed by atoms with Gasteiger partial charge >= 0.3 is 6.18 Å². The van der Waals surface area contributed by atoms with Gasteiger partial charge < -0.3 is 9.84 Å². The summed E-state index contributed by atoms with van der Waals surface area (Å²) in [5, 5.41) is 11.7. The zero-order valence-electron chi connectivity index (χ0n) is 10.4. The molecule has 1 atom stereocenters. The summed E-state index contributed by atoms with van der Waals surface area (Å²) in [6, 6.07) is 8.39. The largest absolute Gasteiger partial charge is 0.491 e. The van der Waals surface area contributed by atoms with Gasteiger partial charge in [-0.15, -0.1) is 11.3 Å². The van der Waals surface area contributed by atoms with Gasteiger partial charge in [0.15, 0.2) is 0 Å². The van der Waals surface area contributed by atoms with Gasteiger partial charge in [0, 0.05) is 11.3 Å². The van der Waals surface area contributed by atoms with Gasteiger partial charge in [-0.25, -0.2) is 0 Å². The van der Waals surface area contributed by atoms with Gasteiger partial charge in [0.25, 0.3) is 0 Å². The Kier molecular flexibility index (Phi) is 4.67. The van der Waals surface area contributed by atoms with E-state index < -0.39 is 17.8 Å². The molecule has 6 heteroatoms. The minimum Gasteiger partial charge on any atom is -0.491 e. The number of thiophene rings is 1. The first-order valence-corrected chi connectivity index (χ1v) is 6.83. The molecule has 1 aromatic carbocycles. The van der Waals surface area contributed by atoms with Crippen LogP contribution in [0, 0.1) is 0 Å². The summed E-state index contributed by atoms with van der Waals surface area (Å²) in [6.07, 6.45) is -4.71. The van der Waals surface area contributed by atoms with E-state index in [0.717, 1.165) is 17.0 Å². The highest BCUT2D eigenvalue weighted by molar-refractivity contribution is 7.09. The van der Waals surface area contributed by atoms with Crippen molar-refractivity contribution in [2.45, 2.75) is 18.7 Å². The van der Waals surface area contributed by atoms with Gasteiger partial charge in [-0.1, -0.05) is 12.1 Å². The Morgan fingerprint density at radius 3 is 2.65 bits per heavy atom. The number of halogens is 3. The van der Waals surface area contributed by atoms with Crippen molar-refractivity contribution in [2.75, 3.05) is 6.61 Å². The first kappa shape index (κ1) is 14.9. The van der Waals surface area contributed by atoms with Gasteiger partial charge in [0.1, 0.15) is 12.4 Å². The number of ether oxygens (including phenoxy) is 1. The Balaban J connectivity index is 1.90. The highest BCUT2D eigenvalue weighted by atomic mass is 32.1. The molecule has 1 N–H and O–H groups in total. The van der Waals surface area contributed by atoms with E-state index in [-0.39, 0.29) is 12.4 Å². The van der Waals surface area contributed by atoms with E-state index >= 15 is 0 Å². The average molecular weight is 302 g/mol. The van der Waals surface area contributed by atoms with E-state index in [0.29, 0.717) is 6.42 Å². The number of alkyl halides is 3. The maximum Gasteiger partial charge on any atom is 0.416 e. The monoisotopic (exact) mass is 302 g/mol. The van der Waals surface area contributed by atoms with Crippen molar-refractivity contribution in [3.63, 3.8) is 0 Å². The number of aliphatic hydroxyl groups excluding tert-OH is 1. The second kappa shape index (κ2) is 6.28. The fourth-order valence-electron chi connectivity index (χ4n) is 1.67. The summed E-state index contributed by atoms with van der Waals surface area (Å²) < 4.78 is 42.8. The SMILES string of the molecule is OC(COc1cccc(C(F)(F)F)c1)Cc1cccs1. The molecular formula is C14H13F3O2S. The summed E-state index contributed by atoms with van der Waals surface area (Å²) in [5.74, 6) is 0.102. The van der Waals surface area contributed by atoms with Crippen molar-refractivity contribution in [2.24, 2.45) is 0 Å². The summed E-state index contributed by atoms with van der Waals surface area (Å²) >= 11 is 1.51. The van der Waals surface area contributed by atoms with Crippen LogP contribution >= 0.6 is 11.3 Å². The number of rotatable bonds is 5. The van der Waals surface area contributed by atoms with Crippen molar-refractivity contribution >= 4 is 11.3 Å². The lowest BCUT2D eigenvalue weighted by atomic mass is 10.2. The van der Waals surface area contributed by atoms with Crippen LogP contribution in [0.15, 0.2) is 41.8 Å². The highest BCUT2D eigenvalue weighted by Gasteiger charge is 2.30. The molecule has 0 bridgehead atoms. The lowest BCUT2D eigenvalue weighted by molar-refractivity contribution is -0.137. The van der Waals surface area contributed by atoms with E-state index in [2.05, 4.69) is 0 Å². The molecule has 2 aromatic rings. The molecule has 20 heavy (non-hydrogen) atoms. The quantitative estimate of drug-likeness (QED) is 0.911. The lowest BCUT2D eigenvalue weighted by Gasteiger charge is -2.13. The minimum atomic E-state index is -4.39. The zero-order chi connectivity index (χ0) is 14.6. The van der Waals surface area contributed by atoms with Crippen LogP contribution in [0.5, 0.6) is 5.75 Å². The predicted molar refractivity (Wildman–Crippen MR) is 71.0 cm³/mol. The van der Waals surface area contributed by atoms with E-state index in [1.54, 1.807) is 0 Å². The molecule has 0 aliphatic carbocycles. The number of benzene rings is 1. The Hall–Kier alpha value is -1.53. The van der Waals surface area contributed by atoms with Crippen LogP contribution in [-0.4, -0.2) is 17.8 Å². The summed E-state index contributed by atoms with van der Waals surface area (Å²) in [6.45, 7) is -0.0424. The molecule has 0 fully saturated rings. The van der Waals surface area contributed by atoms with Crippen LogP contribution in [0.25, 0.3) is 0 Å². The fourth-order valence-corrected chi connectivity index (χ4v) is 2.45. The lowest BCUT2D eigenvalue weighted by Crippen LogP contribution is -2.19. The molecule has 0 saturated carbocycles. The number of hydrogen-bond acceptors (Lipinski definition) is 3. The Labute approximate surface area is 118 Å². The van der Waals surface area contributed by atoms with Crippen molar-refractivity contribution < 1.29 is 23.0 Å². The van der Waals surface area contributed by atoms with Gasteiger partial charge in [-0.05, 0) is 29.6 Å². The van der Waals surface area contributed by atoms with Crippen molar-refractivity contribution in [1.82, 2.24) is 0 Å². The van der Waals surface area contributed by atoms with Gasteiger partial charge in [-0.2, -0.15) is 13.2 Å². The van der Waals surface area contributed by atoms with Crippen LogP contribution in [0.3, 0.4) is 0 Å². The first-order valence-electron chi connectivity index (χ1n) is 5.95. The molecule has 0 spiro atoms.